The molecule has 0 saturated heterocycles. The molecule has 0 fully saturated rings. The molecule has 0 radical (unpaired) electrons. The summed E-state index contributed by atoms with van der Waals surface area (Å²) in [6.45, 7) is 8.09. The van der Waals surface area contributed by atoms with Crippen molar-refractivity contribution in [2.75, 3.05) is 23.8 Å². The number of thiocarbonyl (C=S) groups is 1. The summed E-state index contributed by atoms with van der Waals surface area (Å²) >= 11 is 9.83. The normalized spacial score (nSPS) is 10.9. The molecule has 2 rings (SSSR count). The van der Waals surface area contributed by atoms with Crippen LogP contribution in [0.25, 0.3) is 0 Å². The number of urea groups is 1. The Bertz CT molecular complexity index is 944. The van der Waals surface area contributed by atoms with Gasteiger partial charge in [-0.05, 0) is 60.3 Å². The molecule has 6 nitrogen and oxygen atoms in total. The number of rotatable bonds is 12. The smallest absolute Gasteiger partial charge is 0.356 e. The average Bonchev–Trinajstić information content (AvgIpc) is 2.80. The molecule has 34 heavy (non-hydrogen) atoms. The third kappa shape index (κ3) is 10.6. The van der Waals surface area contributed by atoms with Gasteiger partial charge in [-0.25, -0.2) is 4.79 Å². The zero-order valence-corrected chi connectivity index (χ0v) is 22.0. The molecule has 184 valence electrons. The first-order valence-corrected chi connectivity index (χ1v) is 12.6. The Labute approximate surface area is 214 Å². The lowest BCUT2D eigenvalue weighted by molar-refractivity contribution is 0.259. The summed E-state index contributed by atoms with van der Waals surface area (Å²) in [7, 11) is 0. The van der Waals surface area contributed by atoms with Crippen molar-refractivity contribution in [1.29, 1.82) is 0 Å². The van der Waals surface area contributed by atoms with Crippen LogP contribution in [0.1, 0.15) is 64.9 Å². The number of ether oxygens (including phenoxy) is 1. The summed E-state index contributed by atoms with van der Waals surface area (Å²) in [4.78, 5) is 11.4. The highest BCUT2D eigenvalue weighted by molar-refractivity contribution is 7.80. The van der Waals surface area contributed by atoms with E-state index >= 15 is 0 Å². The number of hydrogen-bond acceptors (Lipinski definition) is 4. The zero-order valence-electron chi connectivity index (χ0n) is 20.4. The lowest BCUT2D eigenvalue weighted by Gasteiger charge is -2.20. The van der Waals surface area contributed by atoms with Crippen molar-refractivity contribution in [3.05, 3.63) is 54.1 Å². The predicted molar refractivity (Wildman–Crippen MR) is 148 cm³/mol. The Kier molecular flexibility index (Phi) is 11.9. The van der Waals surface area contributed by atoms with E-state index in [1.54, 1.807) is 6.07 Å². The van der Waals surface area contributed by atoms with Gasteiger partial charge < -0.3 is 20.7 Å². The monoisotopic (exact) mass is 500 g/mol. The fraction of sp³-hybridized carbons (Fsp3) is 0.462. The van der Waals surface area contributed by atoms with E-state index in [-0.39, 0.29) is 5.41 Å². The van der Waals surface area contributed by atoms with Gasteiger partial charge in [0.25, 0.3) is 0 Å². The molecule has 2 aromatic rings. The fourth-order valence-corrected chi connectivity index (χ4v) is 3.66. The summed E-state index contributed by atoms with van der Waals surface area (Å²) in [6, 6.07) is 15.1. The highest BCUT2D eigenvalue weighted by atomic mass is 32.1. The minimum atomic E-state index is -0.563. The van der Waals surface area contributed by atoms with Crippen LogP contribution >= 0.6 is 12.2 Å². The second-order valence-electron chi connectivity index (χ2n) is 9.20. The van der Waals surface area contributed by atoms with Gasteiger partial charge in [-0.15, -0.1) is 4.36 Å². The van der Waals surface area contributed by atoms with Gasteiger partial charge in [0.05, 0.1) is 12.3 Å². The number of nitrogens with zero attached hydrogens (tertiary/aromatic N) is 1. The van der Waals surface area contributed by atoms with Gasteiger partial charge in [0, 0.05) is 24.7 Å². The van der Waals surface area contributed by atoms with Gasteiger partial charge in [0.2, 0.25) is 0 Å². The van der Waals surface area contributed by atoms with E-state index in [1.807, 2.05) is 24.3 Å². The lowest BCUT2D eigenvalue weighted by atomic mass is 9.87. The van der Waals surface area contributed by atoms with Gasteiger partial charge in [-0.2, -0.15) is 0 Å². The molecule has 0 aliphatic carbocycles. The average molecular weight is 501 g/mol. The summed E-state index contributed by atoms with van der Waals surface area (Å²) in [5.41, 5.74) is 3.00. The predicted octanol–water partition coefficient (Wildman–Crippen LogP) is 6.95. The summed E-state index contributed by atoms with van der Waals surface area (Å²) < 4.78 is 8.99. The molecule has 0 unspecified atom stereocenters. The fourth-order valence-electron chi connectivity index (χ4n) is 3.39. The highest BCUT2D eigenvalue weighted by Gasteiger charge is 2.13. The first kappa shape index (κ1) is 27.7. The number of hydrogen-bond donors (Lipinski definition) is 3. The largest absolute Gasteiger partial charge is 0.491 e. The molecule has 0 bridgehead atoms. The molecular formula is C26H36N4O2S2. The van der Waals surface area contributed by atoms with Crippen LogP contribution in [0.2, 0.25) is 0 Å². The van der Waals surface area contributed by atoms with E-state index in [9.17, 15) is 4.79 Å². The van der Waals surface area contributed by atoms with Crippen molar-refractivity contribution in [3.63, 3.8) is 0 Å². The van der Waals surface area contributed by atoms with Crippen LogP contribution in [0.5, 0.6) is 5.75 Å². The molecule has 0 aliphatic rings. The first-order valence-electron chi connectivity index (χ1n) is 11.8. The van der Waals surface area contributed by atoms with Gasteiger partial charge in [0.15, 0.2) is 5.11 Å². The molecule has 2 amide bonds. The van der Waals surface area contributed by atoms with Crippen LogP contribution < -0.4 is 20.7 Å². The Hall–Kier alpha value is -2.58. The number of para-hydroxylation sites is 2. The molecule has 0 atom stereocenters. The minimum absolute atomic E-state index is 0.114. The van der Waals surface area contributed by atoms with Crippen LogP contribution in [0.15, 0.2) is 52.9 Å². The molecule has 3 N–H and O–H groups in total. The standard InChI is InChI=1S/C26H36N4O2S2/c1-26(2,3)20-13-12-14-21(19-20)28-25(33)27-17-10-6-4-5-7-11-18-32-23-16-9-8-15-22(23)29-24(31)30-34/h8-9,12-16,19H,4-7,10-11,17-18H2,1-3H3,(H,29,31)(H2,27,28,33). The van der Waals surface area contributed by atoms with Crippen molar-refractivity contribution in [1.82, 2.24) is 5.32 Å². The number of carbonyl (C=O) groups is 1. The molecular weight excluding hydrogens is 464 g/mol. The number of nitrogens with one attached hydrogen (secondary N) is 3. The maximum Gasteiger partial charge on any atom is 0.356 e. The Morgan fingerprint density at radius 3 is 2.38 bits per heavy atom. The second kappa shape index (κ2) is 14.6. The van der Waals surface area contributed by atoms with Crippen molar-refractivity contribution in [3.8, 4) is 5.75 Å². The van der Waals surface area contributed by atoms with Crippen LogP contribution in [-0.4, -0.2) is 24.3 Å². The van der Waals surface area contributed by atoms with Crippen LogP contribution in [0.3, 0.4) is 0 Å². The van der Waals surface area contributed by atoms with Crippen molar-refractivity contribution in [2.45, 2.75) is 64.7 Å². The molecule has 2 aromatic carbocycles. The molecule has 0 saturated carbocycles. The van der Waals surface area contributed by atoms with Gasteiger partial charge in [-0.1, -0.05) is 70.7 Å². The van der Waals surface area contributed by atoms with E-state index in [0.29, 0.717) is 23.2 Å². The number of unbranched alkanes of at least 4 members (excludes halogenated alkanes) is 5. The summed E-state index contributed by atoms with van der Waals surface area (Å²) in [6.07, 6.45) is 6.67. The molecule has 0 spiro atoms. The zero-order chi connectivity index (χ0) is 24.8. The maximum atomic E-state index is 11.4. The van der Waals surface area contributed by atoms with E-state index in [0.717, 1.165) is 37.9 Å². The number of anilines is 2. The Morgan fingerprint density at radius 2 is 1.65 bits per heavy atom. The number of amides is 2. The van der Waals surface area contributed by atoms with Crippen LogP contribution in [-0.2, 0) is 17.8 Å². The summed E-state index contributed by atoms with van der Waals surface area (Å²) in [5.74, 6) is 0.635. The maximum absolute atomic E-state index is 11.4. The Morgan fingerprint density at radius 1 is 0.941 bits per heavy atom. The van der Waals surface area contributed by atoms with E-state index < -0.39 is 6.03 Å². The van der Waals surface area contributed by atoms with Gasteiger partial charge in [-0.3, -0.25) is 0 Å². The number of carbonyl (C=O) groups excluding carboxylic acids is 1. The van der Waals surface area contributed by atoms with Crippen LogP contribution in [0, 0.1) is 0 Å². The van der Waals surface area contributed by atoms with E-state index in [4.69, 9.17) is 17.0 Å². The lowest BCUT2D eigenvalue weighted by Crippen LogP contribution is -2.29. The molecule has 0 aromatic heterocycles. The molecule has 0 aliphatic heterocycles. The minimum Gasteiger partial charge on any atom is -0.491 e. The third-order valence-corrected chi connectivity index (χ3v) is 5.72. The number of benzene rings is 2. The van der Waals surface area contributed by atoms with Crippen LogP contribution in [0.4, 0.5) is 16.2 Å². The Balaban J connectivity index is 1.52. The van der Waals surface area contributed by atoms with Gasteiger partial charge in [0.1, 0.15) is 5.75 Å². The second-order valence-corrected chi connectivity index (χ2v) is 9.79. The van der Waals surface area contributed by atoms with Crippen molar-refractivity contribution < 1.29 is 9.53 Å². The van der Waals surface area contributed by atoms with E-state index in [1.165, 1.54) is 18.4 Å². The van der Waals surface area contributed by atoms with Crippen molar-refractivity contribution in [2.24, 2.45) is 4.36 Å². The quantitative estimate of drug-likeness (QED) is 0.216. The third-order valence-electron chi connectivity index (χ3n) is 5.31. The SMILES string of the molecule is CC(C)(C)c1cccc(NC(=S)NCCCCCCCCOc2ccccc2NC(=O)N=S)c1. The van der Waals surface area contributed by atoms with Gasteiger partial charge >= 0.3 is 6.03 Å². The van der Waals surface area contributed by atoms with E-state index in [2.05, 4.69) is 71.7 Å². The highest BCUT2D eigenvalue weighted by Crippen LogP contribution is 2.25. The molecule has 8 heteroatoms. The summed E-state index contributed by atoms with van der Waals surface area (Å²) in [5, 5.41) is 9.87. The topological polar surface area (TPSA) is 74.8 Å². The van der Waals surface area contributed by atoms with Crippen molar-refractivity contribution >= 4 is 47.2 Å². The molecule has 0 heterocycles. The first-order chi connectivity index (χ1) is 16.3.